The first-order valence-electron chi connectivity index (χ1n) is 20.2. The van der Waals surface area contributed by atoms with E-state index in [2.05, 4.69) is 206 Å². The van der Waals surface area contributed by atoms with Crippen molar-refractivity contribution in [3.8, 4) is 78.7 Å². The lowest BCUT2D eigenvalue weighted by Crippen LogP contribution is -2.25. The van der Waals surface area contributed by atoms with Gasteiger partial charge >= 0.3 is 0 Å². The average Bonchev–Trinajstić information content (AvgIpc) is 3.79. The van der Waals surface area contributed by atoms with E-state index in [1.54, 1.807) is 0 Å². The number of hydrogen-bond donors (Lipinski definition) is 0. The van der Waals surface area contributed by atoms with E-state index in [0.29, 0.717) is 17.5 Å². The Balaban J connectivity index is 0.963. The van der Waals surface area contributed by atoms with Crippen LogP contribution in [0.25, 0.3) is 89.4 Å². The highest BCUT2D eigenvalue weighted by Crippen LogP contribution is 2.63. The summed E-state index contributed by atoms with van der Waals surface area (Å²) in [7, 11) is 0. The van der Waals surface area contributed by atoms with Gasteiger partial charge in [-0.1, -0.05) is 200 Å². The van der Waals surface area contributed by atoms with Crippen LogP contribution in [0, 0.1) is 0 Å². The largest absolute Gasteiger partial charge is 0.208 e. The molecular weight excluding hydrogens is 715 g/mol. The maximum Gasteiger partial charge on any atom is 0.164 e. The molecule has 12 rings (SSSR count). The molecule has 9 aromatic carbocycles. The molecule has 0 fully saturated rings. The molecule has 0 aliphatic heterocycles. The van der Waals surface area contributed by atoms with E-state index < -0.39 is 0 Å². The molecule has 1 spiro atoms. The van der Waals surface area contributed by atoms with Crippen molar-refractivity contribution in [1.29, 1.82) is 0 Å². The Morgan fingerprint density at radius 1 is 0.237 bits per heavy atom. The second-order valence-corrected chi connectivity index (χ2v) is 15.5. The molecule has 274 valence electrons. The lowest BCUT2D eigenvalue weighted by Gasteiger charge is -2.30. The van der Waals surface area contributed by atoms with Crippen molar-refractivity contribution in [2.45, 2.75) is 5.41 Å². The first-order valence-corrected chi connectivity index (χ1v) is 20.2. The second kappa shape index (κ2) is 13.2. The summed E-state index contributed by atoms with van der Waals surface area (Å²) in [6.07, 6.45) is 0. The van der Waals surface area contributed by atoms with E-state index in [1.807, 2.05) is 6.07 Å². The number of aromatic nitrogens is 3. The first kappa shape index (κ1) is 33.4. The number of fused-ring (bicyclic) bond motifs is 11. The van der Waals surface area contributed by atoms with Gasteiger partial charge in [0.2, 0.25) is 0 Å². The van der Waals surface area contributed by atoms with Crippen LogP contribution >= 0.6 is 0 Å². The summed E-state index contributed by atoms with van der Waals surface area (Å²) >= 11 is 0. The van der Waals surface area contributed by atoms with Crippen molar-refractivity contribution in [2.24, 2.45) is 0 Å². The van der Waals surface area contributed by atoms with Gasteiger partial charge < -0.3 is 0 Å². The van der Waals surface area contributed by atoms with Crippen LogP contribution in [0.1, 0.15) is 22.3 Å². The fraction of sp³-hybridized carbons (Fsp3) is 0.0179. The monoisotopic (exact) mass is 749 g/mol. The molecule has 0 atom stereocenters. The smallest absolute Gasteiger partial charge is 0.164 e. The van der Waals surface area contributed by atoms with Crippen molar-refractivity contribution >= 4 is 10.8 Å². The van der Waals surface area contributed by atoms with Gasteiger partial charge in [-0.25, -0.2) is 15.0 Å². The minimum Gasteiger partial charge on any atom is -0.208 e. The van der Waals surface area contributed by atoms with Gasteiger partial charge in [-0.05, 0) is 89.7 Å². The Morgan fingerprint density at radius 3 is 1.20 bits per heavy atom. The zero-order valence-electron chi connectivity index (χ0n) is 32.0. The first-order chi connectivity index (χ1) is 29.2. The van der Waals surface area contributed by atoms with Crippen molar-refractivity contribution < 1.29 is 0 Å². The van der Waals surface area contributed by atoms with Crippen LogP contribution in [0.15, 0.2) is 212 Å². The Bertz CT molecular complexity index is 3190. The average molecular weight is 750 g/mol. The summed E-state index contributed by atoms with van der Waals surface area (Å²) in [5, 5.41) is 2.33. The van der Waals surface area contributed by atoms with Crippen LogP contribution in [0.2, 0.25) is 0 Å². The molecule has 0 radical (unpaired) electrons. The van der Waals surface area contributed by atoms with E-state index in [0.717, 1.165) is 33.2 Å². The molecular formula is C56H35N3. The molecule has 3 nitrogen and oxygen atoms in total. The summed E-state index contributed by atoms with van der Waals surface area (Å²) in [6, 6.07) is 76.3. The standard InChI is InChI=1S/C56H35N3/c1-2-12-36(13-3-1)38-22-27-40(28-23-38)53-57-54(59-55(58-53)44-31-26-37-14-4-5-15-42(37)34-44)41-29-24-39(25-30-41)43-32-33-48-47-18-8-11-21-51(47)56(52(48)35-43)49-19-9-6-16-45(49)46-17-7-10-20-50(46)56/h1-35H. The van der Waals surface area contributed by atoms with Crippen LogP contribution < -0.4 is 0 Å². The van der Waals surface area contributed by atoms with Crippen molar-refractivity contribution in [2.75, 3.05) is 0 Å². The van der Waals surface area contributed by atoms with Crippen LogP contribution in [0.3, 0.4) is 0 Å². The third-order valence-electron chi connectivity index (χ3n) is 12.4. The second-order valence-electron chi connectivity index (χ2n) is 15.5. The van der Waals surface area contributed by atoms with Crippen molar-refractivity contribution in [3.05, 3.63) is 235 Å². The van der Waals surface area contributed by atoms with Crippen molar-refractivity contribution in [1.82, 2.24) is 15.0 Å². The van der Waals surface area contributed by atoms with Crippen LogP contribution in [-0.4, -0.2) is 15.0 Å². The summed E-state index contributed by atoms with van der Waals surface area (Å²) in [5.41, 5.74) is 17.7. The molecule has 2 aliphatic carbocycles. The molecule has 0 unspecified atom stereocenters. The molecule has 0 N–H and O–H groups in total. The van der Waals surface area contributed by atoms with E-state index in [4.69, 9.17) is 15.0 Å². The maximum absolute atomic E-state index is 5.11. The zero-order chi connectivity index (χ0) is 38.9. The SMILES string of the molecule is c1ccc(-c2ccc(-c3nc(-c4ccc(-c5ccc6c(c5)C5(c7ccccc7-c7ccccc75)c5ccccc5-6)cc4)nc(-c4ccc5ccccc5c4)n3)cc2)cc1. The molecule has 0 saturated heterocycles. The van der Waals surface area contributed by atoms with Crippen LogP contribution in [0.4, 0.5) is 0 Å². The molecule has 2 aliphatic rings. The normalized spacial score (nSPS) is 12.9. The van der Waals surface area contributed by atoms with Gasteiger partial charge in [-0.3, -0.25) is 0 Å². The fourth-order valence-corrected chi connectivity index (χ4v) is 9.62. The lowest BCUT2D eigenvalue weighted by molar-refractivity contribution is 0.794. The topological polar surface area (TPSA) is 38.7 Å². The van der Waals surface area contributed by atoms with Crippen molar-refractivity contribution in [3.63, 3.8) is 0 Å². The van der Waals surface area contributed by atoms with E-state index in [1.165, 1.54) is 61.0 Å². The fourth-order valence-electron chi connectivity index (χ4n) is 9.62. The minimum atomic E-state index is -0.380. The van der Waals surface area contributed by atoms with E-state index >= 15 is 0 Å². The summed E-state index contributed by atoms with van der Waals surface area (Å²) < 4.78 is 0. The van der Waals surface area contributed by atoms with E-state index in [9.17, 15) is 0 Å². The third kappa shape index (κ3) is 5.18. The van der Waals surface area contributed by atoms with E-state index in [-0.39, 0.29) is 5.41 Å². The molecule has 0 bridgehead atoms. The summed E-state index contributed by atoms with van der Waals surface area (Å²) in [4.78, 5) is 15.3. The van der Waals surface area contributed by atoms with Crippen LogP contribution in [0.5, 0.6) is 0 Å². The van der Waals surface area contributed by atoms with Gasteiger partial charge in [0.15, 0.2) is 17.5 Å². The Morgan fingerprint density at radius 2 is 0.627 bits per heavy atom. The highest BCUT2D eigenvalue weighted by atomic mass is 15.0. The summed E-state index contributed by atoms with van der Waals surface area (Å²) in [6.45, 7) is 0. The molecule has 10 aromatic rings. The number of rotatable bonds is 5. The maximum atomic E-state index is 5.11. The zero-order valence-corrected chi connectivity index (χ0v) is 32.0. The quantitative estimate of drug-likeness (QED) is 0.176. The summed E-state index contributed by atoms with van der Waals surface area (Å²) in [5.74, 6) is 1.93. The number of hydrogen-bond acceptors (Lipinski definition) is 3. The predicted molar refractivity (Wildman–Crippen MR) is 241 cm³/mol. The third-order valence-corrected chi connectivity index (χ3v) is 12.4. The Labute approximate surface area is 343 Å². The molecule has 1 heterocycles. The van der Waals surface area contributed by atoms with Gasteiger partial charge in [-0.15, -0.1) is 0 Å². The Hall–Kier alpha value is -7.75. The molecule has 0 amide bonds. The number of benzene rings is 9. The minimum absolute atomic E-state index is 0.380. The molecule has 0 saturated carbocycles. The predicted octanol–water partition coefficient (Wildman–Crippen LogP) is 13.7. The Kier molecular flexibility index (Phi) is 7.45. The van der Waals surface area contributed by atoms with Gasteiger partial charge in [-0.2, -0.15) is 0 Å². The van der Waals surface area contributed by atoms with Crippen LogP contribution in [-0.2, 0) is 5.41 Å². The van der Waals surface area contributed by atoms with Gasteiger partial charge in [0.25, 0.3) is 0 Å². The molecule has 59 heavy (non-hydrogen) atoms. The number of nitrogens with zero attached hydrogens (tertiary/aromatic N) is 3. The van der Waals surface area contributed by atoms with Gasteiger partial charge in [0.1, 0.15) is 0 Å². The molecule has 1 aromatic heterocycles. The van der Waals surface area contributed by atoms with Gasteiger partial charge in [0.05, 0.1) is 5.41 Å². The molecule has 3 heteroatoms. The van der Waals surface area contributed by atoms with Gasteiger partial charge in [0, 0.05) is 16.7 Å². The highest BCUT2D eigenvalue weighted by molar-refractivity contribution is 5.96. The lowest BCUT2D eigenvalue weighted by atomic mass is 9.70. The highest BCUT2D eigenvalue weighted by Gasteiger charge is 2.51.